The molecule has 2 aromatic rings. The SMILES string of the molecule is C=C(N)c1cn[nH]c1Nc1ccc(F)cc1. The smallest absolute Gasteiger partial charge is 0.135 e. The lowest BCUT2D eigenvalue weighted by molar-refractivity contribution is 0.628. The summed E-state index contributed by atoms with van der Waals surface area (Å²) in [6, 6.07) is 5.99. The van der Waals surface area contributed by atoms with Gasteiger partial charge >= 0.3 is 0 Å². The highest BCUT2D eigenvalue weighted by molar-refractivity contribution is 5.73. The molecule has 0 aliphatic carbocycles. The molecule has 16 heavy (non-hydrogen) atoms. The summed E-state index contributed by atoms with van der Waals surface area (Å²) in [4.78, 5) is 0. The molecule has 0 bridgehead atoms. The molecule has 0 aliphatic rings. The lowest BCUT2D eigenvalue weighted by Crippen LogP contribution is -1.98. The average Bonchev–Trinajstić information content (AvgIpc) is 2.69. The number of aromatic nitrogens is 2. The van der Waals surface area contributed by atoms with Gasteiger partial charge in [0.1, 0.15) is 11.6 Å². The Morgan fingerprint density at radius 3 is 2.69 bits per heavy atom. The van der Waals surface area contributed by atoms with Crippen LogP contribution in [0, 0.1) is 5.82 Å². The molecule has 0 fully saturated rings. The van der Waals surface area contributed by atoms with E-state index in [1.807, 2.05) is 0 Å². The molecule has 0 radical (unpaired) electrons. The molecule has 1 aromatic heterocycles. The number of H-pyrrole nitrogens is 1. The number of hydrogen-bond acceptors (Lipinski definition) is 3. The van der Waals surface area contributed by atoms with E-state index in [0.29, 0.717) is 17.1 Å². The fourth-order valence-corrected chi connectivity index (χ4v) is 1.30. The Morgan fingerprint density at radius 2 is 2.06 bits per heavy atom. The summed E-state index contributed by atoms with van der Waals surface area (Å²) in [6.45, 7) is 3.63. The maximum absolute atomic E-state index is 12.7. The van der Waals surface area contributed by atoms with Gasteiger partial charge in [-0.15, -0.1) is 0 Å². The topological polar surface area (TPSA) is 66.7 Å². The van der Waals surface area contributed by atoms with E-state index in [2.05, 4.69) is 22.1 Å². The van der Waals surface area contributed by atoms with Crippen LogP contribution < -0.4 is 11.1 Å². The number of halogens is 1. The van der Waals surface area contributed by atoms with Crippen molar-refractivity contribution in [2.45, 2.75) is 0 Å². The van der Waals surface area contributed by atoms with Crippen LogP contribution in [0.25, 0.3) is 5.70 Å². The van der Waals surface area contributed by atoms with Crippen molar-refractivity contribution in [2.75, 3.05) is 5.32 Å². The number of benzene rings is 1. The first-order chi connectivity index (χ1) is 7.66. The molecular weight excluding hydrogens is 207 g/mol. The fourth-order valence-electron chi connectivity index (χ4n) is 1.30. The molecule has 4 nitrogen and oxygen atoms in total. The molecule has 4 N–H and O–H groups in total. The van der Waals surface area contributed by atoms with Gasteiger partial charge in [0, 0.05) is 11.4 Å². The van der Waals surface area contributed by atoms with E-state index in [1.165, 1.54) is 12.1 Å². The minimum Gasteiger partial charge on any atom is -0.399 e. The van der Waals surface area contributed by atoms with Crippen LogP contribution >= 0.6 is 0 Å². The molecule has 1 aromatic carbocycles. The van der Waals surface area contributed by atoms with Crippen LogP contribution in [0.1, 0.15) is 5.56 Å². The van der Waals surface area contributed by atoms with Crippen LogP contribution in [0.5, 0.6) is 0 Å². The third-order valence-corrected chi connectivity index (χ3v) is 2.10. The molecule has 5 heteroatoms. The summed E-state index contributed by atoms with van der Waals surface area (Å²) in [5.41, 5.74) is 7.44. The molecule has 0 unspecified atom stereocenters. The Kier molecular flexibility index (Phi) is 2.59. The van der Waals surface area contributed by atoms with Gasteiger partial charge in [-0.2, -0.15) is 5.10 Å². The number of rotatable bonds is 3. The third-order valence-electron chi connectivity index (χ3n) is 2.10. The zero-order valence-corrected chi connectivity index (χ0v) is 8.50. The first-order valence-electron chi connectivity index (χ1n) is 4.67. The molecule has 0 saturated heterocycles. The first-order valence-corrected chi connectivity index (χ1v) is 4.67. The van der Waals surface area contributed by atoms with E-state index in [1.54, 1.807) is 18.3 Å². The van der Waals surface area contributed by atoms with E-state index in [0.717, 1.165) is 5.69 Å². The zero-order chi connectivity index (χ0) is 11.5. The van der Waals surface area contributed by atoms with Crippen molar-refractivity contribution in [3.05, 3.63) is 48.4 Å². The van der Waals surface area contributed by atoms with Crippen LogP contribution in [0.2, 0.25) is 0 Å². The first kappa shape index (κ1) is 10.2. The molecule has 82 valence electrons. The number of anilines is 2. The molecule has 0 saturated carbocycles. The summed E-state index contributed by atoms with van der Waals surface area (Å²) in [7, 11) is 0. The van der Waals surface area contributed by atoms with Gasteiger partial charge in [0.25, 0.3) is 0 Å². The van der Waals surface area contributed by atoms with E-state index in [4.69, 9.17) is 5.73 Å². The van der Waals surface area contributed by atoms with Gasteiger partial charge in [-0.25, -0.2) is 4.39 Å². The lowest BCUT2D eigenvalue weighted by Gasteiger charge is -2.06. The zero-order valence-electron chi connectivity index (χ0n) is 8.50. The second-order valence-corrected chi connectivity index (χ2v) is 3.32. The van der Waals surface area contributed by atoms with Crippen molar-refractivity contribution in [1.82, 2.24) is 10.2 Å². The van der Waals surface area contributed by atoms with E-state index in [9.17, 15) is 4.39 Å². The lowest BCUT2D eigenvalue weighted by atomic mass is 10.2. The van der Waals surface area contributed by atoms with Crippen molar-refractivity contribution in [3.63, 3.8) is 0 Å². The predicted octanol–water partition coefficient (Wildman–Crippen LogP) is 2.22. The van der Waals surface area contributed by atoms with Gasteiger partial charge in [-0.1, -0.05) is 6.58 Å². The van der Waals surface area contributed by atoms with Crippen LogP contribution in [0.4, 0.5) is 15.9 Å². The van der Waals surface area contributed by atoms with Crippen LogP contribution in [0.3, 0.4) is 0 Å². The Morgan fingerprint density at radius 1 is 1.38 bits per heavy atom. The Bertz CT molecular complexity index is 501. The summed E-state index contributed by atoms with van der Waals surface area (Å²) in [5.74, 6) is 0.359. The number of aromatic amines is 1. The largest absolute Gasteiger partial charge is 0.399 e. The Balaban J connectivity index is 2.23. The van der Waals surface area contributed by atoms with E-state index in [-0.39, 0.29) is 5.82 Å². The second-order valence-electron chi connectivity index (χ2n) is 3.32. The Hall–Kier alpha value is -2.30. The quantitative estimate of drug-likeness (QED) is 0.740. The van der Waals surface area contributed by atoms with Gasteiger partial charge in [-0.3, -0.25) is 5.10 Å². The highest BCUT2D eigenvalue weighted by Crippen LogP contribution is 2.21. The second kappa shape index (κ2) is 4.06. The molecule has 0 atom stereocenters. The predicted molar refractivity (Wildman–Crippen MR) is 61.5 cm³/mol. The number of nitrogens with one attached hydrogen (secondary N) is 2. The number of nitrogens with two attached hydrogens (primary N) is 1. The van der Waals surface area contributed by atoms with Crippen molar-refractivity contribution < 1.29 is 4.39 Å². The summed E-state index contributed by atoms with van der Waals surface area (Å²) >= 11 is 0. The summed E-state index contributed by atoms with van der Waals surface area (Å²) in [6.07, 6.45) is 1.58. The van der Waals surface area contributed by atoms with Crippen molar-refractivity contribution in [2.24, 2.45) is 5.73 Å². The maximum atomic E-state index is 12.7. The minimum absolute atomic E-state index is 0.279. The molecule has 1 heterocycles. The van der Waals surface area contributed by atoms with Crippen molar-refractivity contribution in [1.29, 1.82) is 0 Å². The number of nitrogens with zero attached hydrogens (tertiary/aromatic N) is 1. The van der Waals surface area contributed by atoms with Crippen LogP contribution in [-0.2, 0) is 0 Å². The highest BCUT2D eigenvalue weighted by atomic mass is 19.1. The van der Waals surface area contributed by atoms with Crippen molar-refractivity contribution in [3.8, 4) is 0 Å². The molecule has 0 spiro atoms. The van der Waals surface area contributed by atoms with E-state index >= 15 is 0 Å². The Labute approximate surface area is 92.0 Å². The summed E-state index contributed by atoms with van der Waals surface area (Å²) < 4.78 is 12.7. The molecule has 2 rings (SSSR count). The van der Waals surface area contributed by atoms with Crippen molar-refractivity contribution >= 4 is 17.2 Å². The molecular formula is C11H11FN4. The van der Waals surface area contributed by atoms with Gasteiger partial charge in [0.05, 0.1) is 11.8 Å². The normalized spacial score (nSPS) is 10.1. The highest BCUT2D eigenvalue weighted by Gasteiger charge is 2.06. The fraction of sp³-hybridized carbons (Fsp3) is 0. The maximum Gasteiger partial charge on any atom is 0.135 e. The third kappa shape index (κ3) is 2.03. The van der Waals surface area contributed by atoms with E-state index < -0.39 is 0 Å². The van der Waals surface area contributed by atoms with Crippen LogP contribution in [-0.4, -0.2) is 10.2 Å². The average molecular weight is 218 g/mol. The monoisotopic (exact) mass is 218 g/mol. The van der Waals surface area contributed by atoms with Gasteiger partial charge < -0.3 is 11.1 Å². The number of hydrogen-bond donors (Lipinski definition) is 3. The minimum atomic E-state index is -0.279. The van der Waals surface area contributed by atoms with Crippen LogP contribution in [0.15, 0.2) is 37.0 Å². The standard InChI is InChI=1S/C11H11FN4/c1-7(13)10-6-14-16-11(10)15-9-4-2-8(12)3-5-9/h2-6H,1,13H2,(H2,14,15,16). The van der Waals surface area contributed by atoms with Gasteiger partial charge in [-0.05, 0) is 24.3 Å². The van der Waals surface area contributed by atoms with Gasteiger partial charge in [0.15, 0.2) is 0 Å². The molecule has 0 aliphatic heterocycles. The molecule has 0 amide bonds. The van der Waals surface area contributed by atoms with Gasteiger partial charge in [0.2, 0.25) is 0 Å². The summed E-state index contributed by atoms with van der Waals surface area (Å²) in [5, 5.41) is 9.64.